The first-order valence-electron chi connectivity index (χ1n) is 5.86. The molecule has 0 amide bonds. The van der Waals surface area contributed by atoms with Gasteiger partial charge in [0, 0.05) is 6.54 Å². The number of nitrogen functional groups attached to an aromatic ring is 1. The maximum absolute atomic E-state index is 13.4. The number of likely N-dealkylation sites (N-methyl/N-ethyl adjacent to an activating group) is 1. The van der Waals surface area contributed by atoms with Crippen molar-refractivity contribution in [2.75, 3.05) is 25.9 Å². The van der Waals surface area contributed by atoms with E-state index in [9.17, 15) is 17.6 Å². The van der Waals surface area contributed by atoms with Crippen molar-refractivity contribution in [1.82, 2.24) is 4.31 Å². The molecule has 112 valence electrons. The van der Waals surface area contributed by atoms with Crippen LogP contribution in [0.4, 0.5) is 10.1 Å². The summed E-state index contributed by atoms with van der Waals surface area (Å²) in [4.78, 5) is 11.1. The molecule has 6 nitrogen and oxygen atoms in total. The lowest BCUT2D eigenvalue weighted by Crippen LogP contribution is -2.36. The zero-order valence-corrected chi connectivity index (χ0v) is 12.3. The van der Waals surface area contributed by atoms with Crippen molar-refractivity contribution in [3.05, 3.63) is 23.5 Å². The number of esters is 1. The number of sulfonamides is 1. The lowest BCUT2D eigenvalue weighted by atomic mass is 10.2. The average Bonchev–Trinajstić information content (AvgIpc) is 2.40. The lowest BCUT2D eigenvalue weighted by Gasteiger charge is -2.19. The number of nitrogens with two attached hydrogens (primary N) is 1. The molecule has 0 fully saturated rings. The molecule has 0 aliphatic carbocycles. The van der Waals surface area contributed by atoms with Gasteiger partial charge in [0.25, 0.3) is 0 Å². The highest BCUT2D eigenvalue weighted by Crippen LogP contribution is 2.23. The monoisotopic (exact) mass is 304 g/mol. The summed E-state index contributed by atoms with van der Waals surface area (Å²) in [5.74, 6) is -1.33. The van der Waals surface area contributed by atoms with Crippen molar-refractivity contribution in [3.63, 3.8) is 0 Å². The second-order valence-corrected chi connectivity index (χ2v) is 6.09. The molecule has 0 saturated heterocycles. The van der Waals surface area contributed by atoms with Crippen LogP contribution in [0.5, 0.6) is 0 Å². The first-order chi connectivity index (χ1) is 9.23. The fourth-order valence-corrected chi connectivity index (χ4v) is 3.15. The molecule has 0 atom stereocenters. The van der Waals surface area contributed by atoms with Gasteiger partial charge in [0.1, 0.15) is 12.4 Å². The Labute approximate surface area is 117 Å². The molecule has 1 aromatic carbocycles. The van der Waals surface area contributed by atoms with Gasteiger partial charge in [-0.05, 0) is 24.6 Å². The molecule has 0 heterocycles. The summed E-state index contributed by atoms with van der Waals surface area (Å²) < 4.78 is 43.6. The lowest BCUT2D eigenvalue weighted by molar-refractivity contribution is -0.140. The van der Waals surface area contributed by atoms with Gasteiger partial charge in [0.15, 0.2) is 0 Å². The highest BCUT2D eigenvalue weighted by molar-refractivity contribution is 7.89. The second-order valence-electron chi connectivity index (χ2n) is 4.15. The number of nitrogens with zero attached hydrogens (tertiary/aromatic N) is 1. The Balaban J connectivity index is 3.24. The van der Waals surface area contributed by atoms with Crippen LogP contribution in [-0.2, 0) is 19.6 Å². The van der Waals surface area contributed by atoms with Crippen LogP contribution in [0, 0.1) is 12.7 Å². The van der Waals surface area contributed by atoms with Crippen LogP contribution in [0.2, 0.25) is 0 Å². The largest absolute Gasteiger partial charge is 0.468 e. The van der Waals surface area contributed by atoms with Crippen molar-refractivity contribution in [2.24, 2.45) is 0 Å². The van der Waals surface area contributed by atoms with E-state index in [1.165, 1.54) is 20.1 Å². The summed E-state index contributed by atoms with van der Waals surface area (Å²) in [5, 5.41) is 0. The molecular weight excluding hydrogens is 287 g/mol. The van der Waals surface area contributed by atoms with Crippen LogP contribution in [-0.4, -0.2) is 38.9 Å². The number of anilines is 1. The van der Waals surface area contributed by atoms with E-state index in [-0.39, 0.29) is 22.7 Å². The van der Waals surface area contributed by atoms with E-state index in [0.717, 1.165) is 10.4 Å². The second kappa shape index (κ2) is 6.19. The van der Waals surface area contributed by atoms with Gasteiger partial charge in [0.2, 0.25) is 10.0 Å². The van der Waals surface area contributed by atoms with Crippen LogP contribution in [0.1, 0.15) is 12.5 Å². The Morgan fingerprint density at radius 2 is 2.05 bits per heavy atom. The summed E-state index contributed by atoms with van der Waals surface area (Å²) in [6.07, 6.45) is 0. The average molecular weight is 304 g/mol. The minimum Gasteiger partial charge on any atom is -0.468 e. The van der Waals surface area contributed by atoms with Crippen LogP contribution in [0.15, 0.2) is 17.0 Å². The third-order valence-electron chi connectivity index (χ3n) is 2.78. The number of rotatable bonds is 5. The minimum atomic E-state index is -3.93. The maximum Gasteiger partial charge on any atom is 0.321 e. The zero-order chi connectivity index (χ0) is 15.5. The van der Waals surface area contributed by atoms with E-state index in [2.05, 4.69) is 4.74 Å². The van der Waals surface area contributed by atoms with Gasteiger partial charge in [-0.2, -0.15) is 4.31 Å². The summed E-state index contributed by atoms with van der Waals surface area (Å²) >= 11 is 0. The predicted octanol–water partition coefficient (Wildman–Crippen LogP) is 0.900. The molecule has 1 aromatic rings. The van der Waals surface area contributed by atoms with Crippen molar-refractivity contribution < 1.29 is 22.3 Å². The highest BCUT2D eigenvalue weighted by Gasteiger charge is 2.26. The highest BCUT2D eigenvalue weighted by atomic mass is 32.2. The number of carbonyl (C=O) groups is 1. The third-order valence-corrected chi connectivity index (χ3v) is 4.68. The van der Waals surface area contributed by atoms with Crippen molar-refractivity contribution in [3.8, 4) is 0 Å². The molecule has 20 heavy (non-hydrogen) atoms. The standard InChI is InChI=1S/C12H17FN2O4S/c1-4-15(7-11(16)19-3)20(17,18)9-5-8(2)12(13)10(14)6-9/h5-6H,4,7,14H2,1-3H3. The Morgan fingerprint density at radius 1 is 1.45 bits per heavy atom. The molecule has 0 aliphatic heterocycles. The normalized spacial score (nSPS) is 11.7. The molecule has 1 rings (SSSR count). The third kappa shape index (κ3) is 3.26. The Kier molecular flexibility index (Phi) is 5.07. The number of aryl methyl sites for hydroxylation is 1. The van der Waals surface area contributed by atoms with E-state index in [1.54, 1.807) is 6.92 Å². The van der Waals surface area contributed by atoms with Crippen LogP contribution < -0.4 is 5.73 Å². The number of ether oxygens (including phenoxy) is 1. The van der Waals surface area contributed by atoms with Gasteiger partial charge in [-0.15, -0.1) is 0 Å². The van der Waals surface area contributed by atoms with Gasteiger partial charge in [-0.1, -0.05) is 6.92 Å². The van der Waals surface area contributed by atoms with E-state index in [4.69, 9.17) is 5.73 Å². The Bertz CT molecular complexity index is 593. The fourth-order valence-electron chi connectivity index (χ4n) is 1.64. The number of carbonyl (C=O) groups excluding carboxylic acids is 1. The van der Waals surface area contributed by atoms with E-state index in [1.807, 2.05) is 0 Å². The van der Waals surface area contributed by atoms with Gasteiger partial charge in [-0.25, -0.2) is 12.8 Å². The van der Waals surface area contributed by atoms with E-state index in [0.29, 0.717) is 0 Å². The molecule has 0 aliphatic rings. The van der Waals surface area contributed by atoms with Crippen molar-refractivity contribution in [2.45, 2.75) is 18.7 Å². The smallest absolute Gasteiger partial charge is 0.321 e. The molecule has 0 aromatic heterocycles. The van der Waals surface area contributed by atoms with Gasteiger partial charge in [0.05, 0.1) is 17.7 Å². The van der Waals surface area contributed by atoms with E-state index >= 15 is 0 Å². The molecule has 0 bridgehead atoms. The first-order valence-corrected chi connectivity index (χ1v) is 7.30. The van der Waals surface area contributed by atoms with Gasteiger partial charge >= 0.3 is 5.97 Å². The van der Waals surface area contributed by atoms with Gasteiger partial charge in [-0.3, -0.25) is 4.79 Å². The molecule has 0 saturated carbocycles. The van der Waals surface area contributed by atoms with Crippen molar-refractivity contribution >= 4 is 21.7 Å². The summed E-state index contributed by atoms with van der Waals surface area (Å²) in [6, 6.07) is 2.22. The summed E-state index contributed by atoms with van der Waals surface area (Å²) in [6.45, 7) is 2.67. The van der Waals surface area contributed by atoms with Gasteiger partial charge < -0.3 is 10.5 Å². The summed E-state index contributed by atoms with van der Waals surface area (Å²) in [7, 11) is -2.76. The number of halogens is 1. The Morgan fingerprint density at radius 3 is 2.50 bits per heavy atom. The van der Waals surface area contributed by atoms with Crippen molar-refractivity contribution in [1.29, 1.82) is 0 Å². The molecule has 0 radical (unpaired) electrons. The quantitative estimate of drug-likeness (QED) is 0.645. The molecule has 0 unspecified atom stereocenters. The fraction of sp³-hybridized carbons (Fsp3) is 0.417. The SMILES string of the molecule is CCN(CC(=O)OC)S(=O)(=O)c1cc(C)c(F)c(N)c1. The minimum absolute atomic E-state index is 0.0771. The number of methoxy groups -OCH3 is 1. The molecule has 2 N–H and O–H groups in total. The molecular formula is C12H17FN2O4S. The van der Waals surface area contributed by atoms with Crippen LogP contribution >= 0.6 is 0 Å². The Hall–Kier alpha value is -1.67. The number of hydrogen-bond donors (Lipinski definition) is 1. The topological polar surface area (TPSA) is 89.7 Å². The first kappa shape index (κ1) is 16.4. The van der Waals surface area contributed by atoms with E-state index < -0.39 is 28.4 Å². The zero-order valence-electron chi connectivity index (χ0n) is 11.5. The number of benzene rings is 1. The summed E-state index contributed by atoms with van der Waals surface area (Å²) in [5.41, 5.74) is 5.31. The van der Waals surface area contributed by atoms with Crippen LogP contribution in [0.3, 0.4) is 0 Å². The number of hydrogen-bond acceptors (Lipinski definition) is 5. The molecule has 0 spiro atoms. The van der Waals surface area contributed by atoms with Crippen LogP contribution in [0.25, 0.3) is 0 Å². The predicted molar refractivity (Wildman–Crippen MR) is 72.0 cm³/mol. The molecule has 8 heteroatoms. The maximum atomic E-state index is 13.4.